The van der Waals surface area contributed by atoms with Crippen LogP contribution in [0.1, 0.15) is 52.0 Å². The average Bonchev–Trinajstić information content (AvgIpc) is 3.38. The molecule has 35 heavy (non-hydrogen) atoms. The van der Waals surface area contributed by atoms with Crippen LogP contribution in [0.3, 0.4) is 0 Å². The van der Waals surface area contributed by atoms with Gasteiger partial charge in [0.1, 0.15) is 6.54 Å². The van der Waals surface area contributed by atoms with E-state index in [0.29, 0.717) is 42.3 Å². The van der Waals surface area contributed by atoms with E-state index in [4.69, 9.17) is 11.6 Å². The molecule has 7 heteroatoms. The van der Waals surface area contributed by atoms with Crippen molar-refractivity contribution in [2.24, 2.45) is 5.92 Å². The highest BCUT2D eigenvalue weighted by Gasteiger charge is 2.39. The van der Waals surface area contributed by atoms with E-state index in [2.05, 4.69) is 0 Å². The van der Waals surface area contributed by atoms with Gasteiger partial charge in [-0.15, -0.1) is 0 Å². The lowest BCUT2D eigenvalue weighted by molar-refractivity contribution is -0.134. The van der Waals surface area contributed by atoms with E-state index >= 15 is 0 Å². The zero-order valence-corrected chi connectivity index (χ0v) is 20.5. The van der Waals surface area contributed by atoms with Crippen molar-refractivity contribution in [3.8, 4) is 0 Å². The largest absolute Gasteiger partial charge is 0.334 e. The first-order chi connectivity index (χ1) is 17.0. The summed E-state index contributed by atoms with van der Waals surface area (Å²) in [5, 5.41) is 0.580. The smallest absolute Gasteiger partial charge is 0.254 e. The van der Waals surface area contributed by atoms with Crippen molar-refractivity contribution >= 4 is 29.3 Å². The predicted octanol–water partition coefficient (Wildman–Crippen LogP) is 4.40. The van der Waals surface area contributed by atoms with Crippen LogP contribution in [0.25, 0.3) is 0 Å². The highest BCUT2D eigenvalue weighted by molar-refractivity contribution is 6.30. The molecule has 0 radical (unpaired) electrons. The molecule has 5 rings (SSSR count). The van der Waals surface area contributed by atoms with Gasteiger partial charge in [-0.25, -0.2) is 0 Å². The van der Waals surface area contributed by atoms with Gasteiger partial charge in [0.2, 0.25) is 5.91 Å². The minimum atomic E-state index is -0.125. The Kier molecular flexibility index (Phi) is 6.91. The Hall–Kier alpha value is -3.12. The lowest BCUT2D eigenvalue weighted by Crippen LogP contribution is -2.45. The quantitative estimate of drug-likeness (QED) is 0.596. The van der Waals surface area contributed by atoms with E-state index in [1.807, 2.05) is 41.3 Å². The zero-order valence-electron chi connectivity index (χ0n) is 19.7. The van der Waals surface area contributed by atoms with Crippen molar-refractivity contribution in [1.82, 2.24) is 14.7 Å². The van der Waals surface area contributed by atoms with Crippen LogP contribution < -0.4 is 0 Å². The number of rotatable bonds is 4. The summed E-state index contributed by atoms with van der Waals surface area (Å²) in [6.45, 7) is 2.45. The lowest BCUT2D eigenvalue weighted by Gasteiger charge is -2.38. The van der Waals surface area contributed by atoms with E-state index in [1.54, 1.807) is 34.1 Å². The van der Waals surface area contributed by atoms with Crippen molar-refractivity contribution in [3.05, 3.63) is 82.4 Å². The molecule has 0 spiro atoms. The molecule has 2 aromatic carbocycles. The Morgan fingerprint density at radius 1 is 0.829 bits per heavy atom. The number of hydrogen-bond donors (Lipinski definition) is 0. The normalized spacial score (nSPS) is 22.2. The third-order valence-electron chi connectivity index (χ3n) is 7.41. The van der Waals surface area contributed by atoms with Gasteiger partial charge in [-0.2, -0.15) is 0 Å². The molecule has 3 aliphatic rings. The summed E-state index contributed by atoms with van der Waals surface area (Å²) in [6.07, 6.45) is 8.17. The third kappa shape index (κ3) is 5.13. The molecule has 6 nitrogen and oxygen atoms in total. The van der Waals surface area contributed by atoms with Gasteiger partial charge in [0.05, 0.1) is 0 Å². The maximum Gasteiger partial charge on any atom is 0.254 e. The molecule has 2 fully saturated rings. The molecule has 2 aromatic rings. The SMILES string of the molecule is O=C(c1ccc(CN2C(=O)CN(C(=O)c3ccc(Cl)cc3)C[C@@H]3CCCC[C@@H]32)cc1)N1CC=CC1. The Balaban J connectivity index is 1.33. The number of hydrogen-bond acceptors (Lipinski definition) is 3. The first-order valence-corrected chi connectivity index (χ1v) is 12.7. The van der Waals surface area contributed by atoms with E-state index in [-0.39, 0.29) is 36.2 Å². The van der Waals surface area contributed by atoms with Crippen LogP contribution in [0.4, 0.5) is 0 Å². The molecule has 182 valence electrons. The van der Waals surface area contributed by atoms with Crippen molar-refractivity contribution < 1.29 is 14.4 Å². The number of carbonyl (C=O) groups excluding carboxylic acids is 3. The number of benzene rings is 2. The van der Waals surface area contributed by atoms with Gasteiger partial charge in [-0.05, 0) is 60.7 Å². The van der Waals surface area contributed by atoms with Gasteiger partial charge >= 0.3 is 0 Å². The van der Waals surface area contributed by atoms with Gasteiger partial charge in [0.25, 0.3) is 11.8 Å². The lowest BCUT2D eigenvalue weighted by atomic mass is 9.83. The van der Waals surface area contributed by atoms with Crippen LogP contribution in [-0.4, -0.2) is 64.6 Å². The summed E-state index contributed by atoms with van der Waals surface area (Å²) in [7, 11) is 0. The number of carbonyl (C=O) groups is 3. The van der Waals surface area contributed by atoms with E-state index in [9.17, 15) is 14.4 Å². The van der Waals surface area contributed by atoms with Crippen LogP contribution in [0.15, 0.2) is 60.7 Å². The van der Waals surface area contributed by atoms with Gasteiger partial charge in [-0.3, -0.25) is 14.4 Å². The Morgan fingerprint density at radius 2 is 1.43 bits per heavy atom. The van der Waals surface area contributed by atoms with Gasteiger partial charge in [0.15, 0.2) is 0 Å². The predicted molar refractivity (Wildman–Crippen MR) is 135 cm³/mol. The highest BCUT2D eigenvalue weighted by Crippen LogP contribution is 2.33. The van der Waals surface area contributed by atoms with Crippen LogP contribution in [0.5, 0.6) is 0 Å². The summed E-state index contributed by atoms with van der Waals surface area (Å²) < 4.78 is 0. The maximum atomic E-state index is 13.5. The second-order valence-corrected chi connectivity index (χ2v) is 10.1. The van der Waals surface area contributed by atoms with Crippen LogP contribution in [0.2, 0.25) is 5.02 Å². The van der Waals surface area contributed by atoms with Crippen molar-refractivity contribution in [2.75, 3.05) is 26.2 Å². The molecule has 2 heterocycles. The number of halogens is 1. The minimum absolute atomic E-state index is 0.0231. The van der Waals surface area contributed by atoms with Crippen LogP contribution in [0, 0.1) is 5.92 Å². The third-order valence-corrected chi connectivity index (χ3v) is 7.66. The summed E-state index contributed by atoms with van der Waals surface area (Å²) in [5.74, 6) is 0.136. The molecule has 0 aromatic heterocycles. The summed E-state index contributed by atoms with van der Waals surface area (Å²) in [6, 6.07) is 14.6. The standard InChI is InChI=1S/C28H30ClN3O3/c29-24-13-11-22(12-14-24)28(35)31-18-23-5-1-2-6-25(23)32(26(33)19-31)17-20-7-9-21(10-8-20)27(34)30-15-3-4-16-30/h3-4,7-14,23,25H,1-2,5-6,15-19H2/t23-,25-/m0/s1. The maximum absolute atomic E-state index is 13.5. The fourth-order valence-electron chi connectivity index (χ4n) is 5.51. The summed E-state index contributed by atoms with van der Waals surface area (Å²) in [4.78, 5) is 44.8. The fraction of sp³-hybridized carbons (Fsp3) is 0.393. The minimum Gasteiger partial charge on any atom is -0.334 e. The van der Waals surface area contributed by atoms with Gasteiger partial charge in [-0.1, -0.05) is 48.7 Å². The molecule has 0 bridgehead atoms. The Labute approximate surface area is 211 Å². The molecular formula is C28H30ClN3O3. The second-order valence-electron chi connectivity index (χ2n) is 9.70. The fourth-order valence-corrected chi connectivity index (χ4v) is 5.64. The number of nitrogens with zero attached hydrogens (tertiary/aromatic N) is 3. The highest BCUT2D eigenvalue weighted by atomic mass is 35.5. The van der Waals surface area contributed by atoms with E-state index in [0.717, 1.165) is 31.2 Å². The van der Waals surface area contributed by atoms with E-state index < -0.39 is 0 Å². The first-order valence-electron chi connectivity index (χ1n) is 12.4. The number of amides is 3. The van der Waals surface area contributed by atoms with Crippen molar-refractivity contribution in [1.29, 1.82) is 0 Å². The summed E-state index contributed by atoms with van der Waals surface area (Å²) >= 11 is 5.99. The molecule has 0 N–H and O–H groups in total. The molecule has 1 aliphatic carbocycles. The van der Waals surface area contributed by atoms with Crippen molar-refractivity contribution in [3.63, 3.8) is 0 Å². The molecule has 1 saturated carbocycles. The molecule has 1 saturated heterocycles. The molecule has 2 atom stereocenters. The molecular weight excluding hydrogens is 462 g/mol. The molecule has 0 unspecified atom stereocenters. The van der Waals surface area contributed by atoms with Crippen molar-refractivity contribution in [2.45, 2.75) is 38.3 Å². The molecule has 2 aliphatic heterocycles. The van der Waals surface area contributed by atoms with E-state index in [1.165, 1.54) is 0 Å². The number of fused-ring (bicyclic) bond motifs is 1. The van der Waals surface area contributed by atoms with Gasteiger partial charge < -0.3 is 14.7 Å². The average molecular weight is 492 g/mol. The molecule has 3 amide bonds. The Bertz CT molecular complexity index is 1120. The van der Waals surface area contributed by atoms with Crippen LogP contribution >= 0.6 is 11.6 Å². The first kappa shape index (κ1) is 23.6. The zero-order chi connectivity index (χ0) is 24.4. The monoisotopic (exact) mass is 491 g/mol. The summed E-state index contributed by atoms with van der Waals surface area (Å²) in [5.41, 5.74) is 2.21. The second kappa shape index (κ2) is 10.2. The topological polar surface area (TPSA) is 60.9 Å². The Morgan fingerprint density at radius 3 is 2.11 bits per heavy atom. The van der Waals surface area contributed by atoms with Gasteiger partial charge in [0, 0.05) is 48.4 Å². The van der Waals surface area contributed by atoms with Crippen LogP contribution in [-0.2, 0) is 11.3 Å².